The molecule has 0 atom stereocenters. The molecule has 22 heavy (non-hydrogen) atoms. The third kappa shape index (κ3) is 2.82. The summed E-state index contributed by atoms with van der Waals surface area (Å²) in [5, 5.41) is 4.71. The first-order valence-corrected chi connectivity index (χ1v) is 7.91. The van der Waals surface area contributed by atoms with Crippen LogP contribution in [0.4, 0.5) is 0 Å². The van der Waals surface area contributed by atoms with Crippen LogP contribution >= 0.6 is 0 Å². The van der Waals surface area contributed by atoms with Gasteiger partial charge in [0.1, 0.15) is 0 Å². The molecule has 0 bridgehead atoms. The average Bonchev–Trinajstić information content (AvgIpc) is 2.90. The van der Waals surface area contributed by atoms with Crippen LogP contribution in [0.25, 0.3) is 16.9 Å². The fraction of sp³-hybridized carbons (Fsp3) is 0.250. The maximum absolute atomic E-state index is 4.71. The van der Waals surface area contributed by atoms with E-state index in [-0.39, 0.29) is 0 Å². The Hall–Kier alpha value is -2.35. The quantitative estimate of drug-likeness (QED) is 0.653. The monoisotopic (exact) mass is 290 g/mol. The highest BCUT2D eigenvalue weighted by atomic mass is 15.3. The standard InChI is InChI=1S/C20H22N2/c1-4-8-17-10-7-11-18(14-17)20-13-16(3)21-22(20)19-12-6-5-9-15(19)2/h5-7,9-14H,4,8H2,1-3H3. The Morgan fingerprint density at radius 3 is 2.55 bits per heavy atom. The van der Waals surface area contributed by atoms with E-state index in [2.05, 4.69) is 73.1 Å². The van der Waals surface area contributed by atoms with Crippen molar-refractivity contribution in [2.75, 3.05) is 0 Å². The van der Waals surface area contributed by atoms with Crippen molar-refractivity contribution < 1.29 is 0 Å². The summed E-state index contributed by atoms with van der Waals surface area (Å²) in [6, 6.07) is 19.4. The lowest BCUT2D eigenvalue weighted by molar-refractivity contribution is 0.861. The molecule has 0 aliphatic carbocycles. The van der Waals surface area contributed by atoms with E-state index in [1.807, 2.05) is 6.92 Å². The first-order valence-electron chi connectivity index (χ1n) is 7.91. The topological polar surface area (TPSA) is 17.8 Å². The van der Waals surface area contributed by atoms with Gasteiger partial charge < -0.3 is 0 Å². The van der Waals surface area contributed by atoms with Crippen molar-refractivity contribution >= 4 is 0 Å². The van der Waals surface area contributed by atoms with Crippen LogP contribution in [-0.4, -0.2) is 9.78 Å². The smallest absolute Gasteiger partial charge is 0.0743 e. The first-order chi connectivity index (χ1) is 10.7. The molecule has 1 aromatic heterocycles. The minimum absolute atomic E-state index is 1.04. The normalized spacial score (nSPS) is 10.9. The lowest BCUT2D eigenvalue weighted by Gasteiger charge is -2.11. The third-order valence-corrected chi connectivity index (χ3v) is 3.94. The number of rotatable bonds is 4. The van der Waals surface area contributed by atoms with Crippen LogP contribution in [-0.2, 0) is 6.42 Å². The van der Waals surface area contributed by atoms with Gasteiger partial charge in [-0.3, -0.25) is 0 Å². The van der Waals surface area contributed by atoms with E-state index in [9.17, 15) is 0 Å². The largest absolute Gasteiger partial charge is 0.233 e. The molecule has 3 rings (SSSR count). The highest BCUT2D eigenvalue weighted by Gasteiger charge is 2.11. The summed E-state index contributed by atoms with van der Waals surface area (Å²) in [5.41, 5.74) is 7.19. The predicted octanol–water partition coefficient (Wildman–Crippen LogP) is 5.11. The third-order valence-electron chi connectivity index (χ3n) is 3.94. The lowest BCUT2D eigenvalue weighted by Crippen LogP contribution is -2.01. The van der Waals surface area contributed by atoms with Gasteiger partial charge in [0.15, 0.2) is 0 Å². The van der Waals surface area contributed by atoms with E-state index in [1.165, 1.54) is 23.1 Å². The van der Waals surface area contributed by atoms with Crippen molar-refractivity contribution in [1.29, 1.82) is 0 Å². The Labute approximate surface area is 132 Å². The summed E-state index contributed by atoms with van der Waals surface area (Å²) in [5.74, 6) is 0. The Bertz CT molecular complexity index is 784. The van der Waals surface area contributed by atoms with Gasteiger partial charge in [-0.15, -0.1) is 0 Å². The molecule has 2 heteroatoms. The summed E-state index contributed by atoms with van der Waals surface area (Å²) < 4.78 is 2.07. The Kier molecular flexibility index (Phi) is 4.10. The zero-order valence-corrected chi connectivity index (χ0v) is 13.5. The van der Waals surface area contributed by atoms with E-state index < -0.39 is 0 Å². The van der Waals surface area contributed by atoms with Gasteiger partial charge in [-0.1, -0.05) is 49.7 Å². The fourth-order valence-corrected chi connectivity index (χ4v) is 2.86. The molecule has 0 saturated carbocycles. The van der Waals surface area contributed by atoms with Crippen molar-refractivity contribution in [2.24, 2.45) is 0 Å². The van der Waals surface area contributed by atoms with Crippen LogP contribution in [0.5, 0.6) is 0 Å². The number of hydrogen-bond donors (Lipinski definition) is 0. The number of aryl methyl sites for hydroxylation is 3. The molecule has 0 N–H and O–H groups in total. The molecular formula is C20H22N2. The van der Waals surface area contributed by atoms with Gasteiger partial charge >= 0.3 is 0 Å². The van der Waals surface area contributed by atoms with E-state index in [1.54, 1.807) is 0 Å². The number of nitrogens with zero attached hydrogens (tertiary/aromatic N) is 2. The molecule has 0 aliphatic heterocycles. The second-order valence-corrected chi connectivity index (χ2v) is 5.82. The van der Waals surface area contributed by atoms with Crippen LogP contribution in [0.15, 0.2) is 54.6 Å². The number of para-hydroxylation sites is 1. The maximum atomic E-state index is 4.71. The Morgan fingerprint density at radius 2 is 1.77 bits per heavy atom. The molecule has 3 aromatic rings. The molecule has 0 radical (unpaired) electrons. The number of aromatic nitrogens is 2. The van der Waals surface area contributed by atoms with Crippen molar-refractivity contribution in [2.45, 2.75) is 33.6 Å². The van der Waals surface area contributed by atoms with Crippen molar-refractivity contribution in [3.63, 3.8) is 0 Å². The number of benzene rings is 2. The minimum atomic E-state index is 1.04. The van der Waals surface area contributed by atoms with E-state index >= 15 is 0 Å². The Morgan fingerprint density at radius 1 is 0.955 bits per heavy atom. The van der Waals surface area contributed by atoms with Gasteiger partial charge in [0.05, 0.1) is 17.1 Å². The molecule has 0 saturated heterocycles. The molecule has 1 heterocycles. The second kappa shape index (κ2) is 6.18. The molecule has 0 unspecified atom stereocenters. The lowest BCUT2D eigenvalue weighted by atomic mass is 10.0. The van der Waals surface area contributed by atoms with Gasteiger partial charge in [-0.2, -0.15) is 5.10 Å². The molecule has 2 aromatic carbocycles. The van der Waals surface area contributed by atoms with Crippen LogP contribution < -0.4 is 0 Å². The zero-order valence-electron chi connectivity index (χ0n) is 13.5. The van der Waals surface area contributed by atoms with Gasteiger partial charge in [0.25, 0.3) is 0 Å². The van der Waals surface area contributed by atoms with Crippen LogP contribution in [0.1, 0.15) is 30.2 Å². The predicted molar refractivity (Wildman–Crippen MR) is 92.5 cm³/mol. The summed E-state index contributed by atoms with van der Waals surface area (Å²) in [4.78, 5) is 0. The van der Waals surface area contributed by atoms with E-state index in [0.717, 1.165) is 23.5 Å². The highest BCUT2D eigenvalue weighted by molar-refractivity contribution is 5.64. The van der Waals surface area contributed by atoms with Gasteiger partial charge in [0, 0.05) is 5.56 Å². The SMILES string of the molecule is CCCc1cccc(-c2cc(C)nn2-c2ccccc2C)c1. The van der Waals surface area contributed by atoms with Gasteiger partial charge in [0.2, 0.25) is 0 Å². The second-order valence-electron chi connectivity index (χ2n) is 5.82. The van der Waals surface area contributed by atoms with E-state index in [0.29, 0.717) is 0 Å². The molecule has 0 amide bonds. The van der Waals surface area contributed by atoms with Crippen molar-refractivity contribution in [1.82, 2.24) is 9.78 Å². The minimum Gasteiger partial charge on any atom is -0.233 e. The zero-order chi connectivity index (χ0) is 15.5. The molecule has 2 nitrogen and oxygen atoms in total. The highest BCUT2D eigenvalue weighted by Crippen LogP contribution is 2.26. The summed E-state index contributed by atoms with van der Waals surface area (Å²) in [7, 11) is 0. The van der Waals surface area contributed by atoms with Crippen LogP contribution in [0.3, 0.4) is 0 Å². The van der Waals surface area contributed by atoms with Crippen LogP contribution in [0.2, 0.25) is 0 Å². The van der Waals surface area contributed by atoms with Crippen molar-refractivity contribution in [3.05, 3.63) is 71.4 Å². The van der Waals surface area contributed by atoms with Gasteiger partial charge in [-0.05, 0) is 49.6 Å². The summed E-state index contributed by atoms with van der Waals surface area (Å²) >= 11 is 0. The molecular weight excluding hydrogens is 268 g/mol. The van der Waals surface area contributed by atoms with E-state index in [4.69, 9.17) is 5.10 Å². The molecule has 0 spiro atoms. The number of hydrogen-bond acceptors (Lipinski definition) is 1. The van der Waals surface area contributed by atoms with Crippen LogP contribution in [0, 0.1) is 13.8 Å². The van der Waals surface area contributed by atoms with Gasteiger partial charge in [-0.25, -0.2) is 4.68 Å². The molecule has 0 fully saturated rings. The molecule has 0 aliphatic rings. The maximum Gasteiger partial charge on any atom is 0.0743 e. The van der Waals surface area contributed by atoms with Crippen molar-refractivity contribution in [3.8, 4) is 16.9 Å². The average molecular weight is 290 g/mol. The fourth-order valence-electron chi connectivity index (χ4n) is 2.86. The first kappa shape index (κ1) is 14.6. The summed E-state index contributed by atoms with van der Waals surface area (Å²) in [6.45, 7) is 6.40. The Balaban J connectivity index is 2.13. The summed E-state index contributed by atoms with van der Waals surface area (Å²) in [6.07, 6.45) is 2.28. The molecule has 112 valence electrons.